The maximum atomic E-state index is 13.1. The highest BCUT2D eigenvalue weighted by molar-refractivity contribution is 7.92. The molecule has 2 aliphatic rings. The summed E-state index contributed by atoms with van der Waals surface area (Å²) in [6, 6.07) is 12.5. The van der Waals surface area contributed by atoms with E-state index in [2.05, 4.69) is 14.7 Å². The van der Waals surface area contributed by atoms with Gasteiger partial charge in [0.1, 0.15) is 6.61 Å². The molecule has 2 aromatic carbocycles. The Balaban J connectivity index is 1.38. The number of carboxylic acid groups (broad SMARTS) is 1. The van der Waals surface area contributed by atoms with Crippen LogP contribution in [0.5, 0.6) is 5.88 Å². The number of carbonyl (C=O) groups is 1. The summed E-state index contributed by atoms with van der Waals surface area (Å²) in [7, 11) is -4.17. The van der Waals surface area contributed by atoms with Crippen LogP contribution in [0.4, 0.5) is 5.95 Å². The topological polar surface area (TPSA) is 144 Å². The molecule has 0 aliphatic heterocycles. The molecule has 2 aliphatic carbocycles. The molecule has 3 aromatic rings. The molecule has 2 fully saturated rings. The standard InChI is InChI=1S/C29H34N4O5S/c1-18-6-3-7-19(2)26(18)24-14-25(38-17-22(30)12-20-15-29(16-20)10-5-11-29)32-28(31-24)33-39(36,37)23-9-4-8-21(13-23)27(34)35/h3-4,6-9,13-14,20,22H,5,10-12,15-17,30H2,1-2H3,(H,34,35)(H,31,32,33)/t22-/m1/s1. The summed E-state index contributed by atoms with van der Waals surface area (Å²) in [6.45, 7) is 4.16. The van der Waals surface area contributed by atoms with Crippen LogP contribution < -0.4 is 15.2 Å². The van der Waals surface area contributed by atoms with Gasteiger partial charge in [-0.2, -0.15) is 4.98 Å². The van der Waals surface area contributed by atoms with Gasteiger partial charge in [0, 0.05) is 17.7 Å². The van der Waals surface area contributed by atoms with Gasteiger partial charge in [0.2, 0.25) is 11.8 Å². The van der Waals surface area contributed by atoms with E-state index in [1.54, 1.807) is 6.07 Å². The van der Waals surface area contributed by atoms with Crippen LogP contribution in [0, 0.1) is 25.2 Å². The first-order valence-electron chi connectivity index (χ1n) is 13.2. The number of benzene rings is 2. The van der Waals surface area contributed by atoms with Gasteiger partial charge in [0.25, 0.3) is 10.0 Å². The third-order valence-electron chi connectivity index (χ3n) is 8.00. The second-order valence-corrected chi connectivity index (χ2v) is 12.7. The van der Waals surface area contributed by atoms with Crippen molar-refractivity contribution in [1.29, 1.82) is 0 Å². The van der Waals surface area contributed by atoms with Crippen LogP contribution in [0.1, 0.15) is 60.0 Å². The van der Waals surface area contributed by atoms with Crippen molar-refractivity contribution in [2.45, 2.75) is 63.3 Å². The molecule has 206 valence electrons. The number of nitrogens with two attached hydrogens (primary N) is 1. The Labute approximate surface area is 228 Å². The average molecular weight is 551 g/mol. The average Bonchev–Trinajstić information content (AvgIpc) is 2.83. The van der Waals surface area contributed by atoms with Crippen molar-refractivity contribution in [2.75, 3.05) is 11.3 Å². The van der Waals surface area contributed by atoms with Crippen molar-refractivity contribution in [3.05, 3.63) is 65.2 Å². The lowest BCUT2D eigenvalue weighted by Gasteiger charge is -2.55. The van der Waals surface area contributed by atoms with E-state index in [4.69, 9.17) is 10.5 Å². The molecule has 1 atom stereocenters. The maximum Gasteiger partial charge on any atom is 0.335 e. The molecule has 0 amide bonds. The lowest BCUT2D eigenvalue weighted by atomic mass is 9.51. The Bertz CT molecular complexity index is 1480. The van der Waals surface area contributed by atoms with E-state index >= 15 is 0 Å². The number of aromatic nitrogens is 2. The van der Waals surface area contributed by atoms with Crippen molar-refractivity contribution in [1.82, 2.24) is 9.97 Å². The van der Waals surface area contributed by atoms with Crippen molar-refractivity contribution in [3.63, 3.8) is 0 Å². The molecule has 4 N–H and O–H groups in total. The number of carboxylic acids is 1. The first kappa shape index (κ1) is 27.1. The lowest BCUT2D eigenvalue weighted by molar-refractivity contribution is -0.0314. The molecule has 10 heteroatoms. The zero-order valence-electron chi connectivity index (χ0n) is 22.2. The molecule has 0 bridgehead atoms. The Hall–Kier alpha value is -3.50. The number of rotatable bonds is 10. The number of nitrogens with zero attached hydrogens (tertiary/aromatic N) is 2. The Morgan fingerprint density at radius 1 is 1.13 bits per heavy atom. The zero-order valence-corrected chi connectivity index (χ0v) is 23.0. The molecule has 39 heavy (non-hydrogen) atoms. The first-order valence-corrected chi connectivity index (χ1v) is 14.7. The van der Waals surface area contributed by atoms with Gasteiger partial charge in [0.05, 0.1) is 16.2 Å². The third-order valence-corrected chi connectivity index (χ3v) is 9.32. The largest absolute Gasteiger partial charge is 0.478 e. The summed E-state index contributed by atoms with van der Waals surface area (Å²) in [5.41, 5.74) is 10.1. The van der Waals surface area contributed by atoms with Crippen molar-refractivity contribution in [2.24, 2.45) is 17.1 Å². The van der Waals surface area contributed by atoms with Crippen LogP contribution >= 0.6 is 0 Å². The lowest BCUT2D eigenvalue weighted by Crippen LogP contribution is -2.45. The predicted molar refractivity (Wildman–Crippen MR) is 148 cm³/mol. The van der Waals surface area contributed by atoms with Gasteiger partial charge in [-0.25, -0.2) is 22.9 Å². The number of hydrogen-bond acceptors (Lipinski definition) is 7. The summed E-state index contributed by atoms with van der Waals surface area (Å²) < 4.78 is 34.7. The van der Waals surface area contributed by atoms with Crippen LogP contribution in [0.15, 0.2) is 53.4 Å². The number of ether oxygens (including phenoxy) is 1. The Morgan fingerprint density at radius 3 is 2.46 bits per heavy atom. The number of sulfonamides is 1. The molecule has 0 saturated heterocycles. The number of nitrogens with one attached hydrogen (secondary N) is 1. The van der Waals surface area contributed by atoms with Gasteiger partial charge in [-0.1, -0.05) is 30.7 Å². The van der Waals surface area contributed by atoms with E-state index in [1.807, 2.05) is 32.0 Å². The van der Waals surface area contributed by atoms with E-state index < -0.39 is 16.0 Å². The highest BCUT2D eigenvalue weighted by atomic mass is 32.2. The fourth-order valence-electron chi connectivity index (χ4n) is 5.97. The third kappa shape index (κ3) is 5.91. The summed E-state index contributed by atoms with van der Waals surface area (Å²) in [5, 5.41) is 9.27. The van der Waals surface area contributed by atoms with Gasteiger partial charge < -0.3 is 15.6 Å². The van der Waals surface area contributed by atoms with Gasteiger partial charge in [-0.15, -0.1) is 0 Å². The number of aryl methyl sites for hydroxylation is 2. The molecular weight excluding hydrogens is 516 g/mol. The van der Waals surface area contributed by atoms with E-state index in [1.165, 1.54) is 50.3 Å². The molecule has 1 spiro atoms. The fourth-order valence-corrected chi connectivity index (χ4v) is 6.96. The second-order valence-electron chi connectivity index (χ2n) is 11.1. The zero-order chi connectivity index (χ0) is 27.8. The van der Waals surface area contributed by atoms with Gasteiger partial charge in [-0.05, 0) is 86.6 Å². The fraction of sp³-hybridized carbons (Fsp3) is 0.414. The quantitative estimate of drug-likeness (QED) is 0.322. The van der Waals surface area contributed by atoms with Crippen LogP contribution in [-0.4, -0.2) is 42.1 Å². The van der Waals surface area contributed by atoms with E-state index in [9.17, 15) is 18.3 Å². The van der Waals surface area contributed by atoms with E-state index in [-0.39, 0.29) is 34.9 Å². The minimum absolute atomic E-state index is 0.143. The summed E-state index contributed by atoms with van der Waals surface area (Å²) in [4.78, 5) is 20.0. The van der Waals surface area contributed by atoms with Crippen molar-refractivity contribution in [3.8, 4) is 17.1 Å². The number of hydrogen-bond donors (Lipinski definition) is 3. The molecule has 1 aromatic heterocycles. The van der Waals surface area contributed by atoms with Crippen molar-refractivity contribution >= 4 is 21.9 Å². The monoisotopic (exact) mass is 550 g/mol. The summed E-state index contributed by atoms with van der Waals surface area (Å²) in [5.74, 6) is -0.565. The maximum absolute atomic E-state index is 13.1. The molecule has 0 radical (unpaired) electrons. The van der Waals surface area contributed by atoms with Gasteiger partial charge in [-0.3, -0.25) is 0 Å². The van der Waals surface area contributed by atoms with Gasteiger partial charge in [0.15, 0.2) is 0 Å². The molecule has 9 nitrogen and oxygen atoms in total. The SMILES string of the molecule is Cc1cccc(C)c1-c1cc(OC[C@H](N)CC2CC3(CCC3)C2)nc(NS(=O)(=O)c2cccc(C(=O)O)c2)n1. The van der Waals surface area contributed by atoms with E-state index in [0.717, 1.165) is 29.2 Å². The molecular formula is C29H34N4O5S. The van der Waals surface area contributed by atoms with Crippen LogP contribution in [0.25, 0.3) is 11.3 Å². The number of anilines is 1. The van der Waals surface area contributed by atoms with Crippen molar-refractivity contribution < 1.29 is 23.1 Å². The smallest absolute Gasteiger partial charge is 0.335 e. The minimum Gasteiger partial charge on any atom is -0.478 e. The molecule has 5 rings (SSSR count). The van der Waals surface area contributed by atoms with E-state index in [0.29, 0.717) is 17.0 Å². The van der Waals surface area contributed by atoms with Gasteiger partial charge >= 0.3 is 5.97 Å². The summed E-state index contributed by atoms with van der Waals surface area (Å²) >= 11 is 0. The minimum atomic E-state index is -4.17. The number of aromatic carboxylic acids is 1. The second kappa shape index (κ2) is 10.6. The van der Waals surface area contributed by atoms with Crippen LogP contribution in [0.3, 0.4) is 0 Å². The predicted octanol–water partition coefficient (Wildman–Crippen LogP) is 4.94. The molecule has 1 heterocycles. The summed E-state index contributed by atoms with van der Waals surface area (Å²) in [6.07, 6.45) is 7.42. The van der Waals surface area contributed by atoms with Crippen LogP contribution in [-0.2, 0) is 10.0 Å². The Kier molecular flexibility index (Phi) is 7.35. The molecule has 0 unspecified atom stereocenters. The Morgan fingerprint density at radius 2 is 1.82 bits per heavy atom. The van der Waals surface area contributed by atoms with Crippen LogP contribution in [0.2, 0.25) is 0 Å². The molecule has 2 saturated carbocycles. The highest BCUT2D eigenvalue weighted by Crippen LogP contribution is 2.59. The first-order chi connectivity index (χ1) is 18.5. The normalized spacial score (nSPS) is 17.2. The highest BCUT2D eigenvalue weighted by Gasteiger charge is 2.47.